The van der Waals surface area contributed by atoms with E-state index >= 15 is 0 Å². The van der Waals surface area contributed by atoms with Gasteiger partial charge in [-0.15, -0.1) is 0 Å². The van der Waals surface area contributed by atoms with E-state index in [9.17, 15) is 13.2 Å². The molecule has 0 spiro atoms. The molecule has 1 aromatic heterocycles. The van der Waals surface area contributed by atoms with Gasteiger partial charge in [0.1, 0.15) is 0 Å². The Morgan fingerprint density at radius 2 is 2.14 bits per heavy atom. The van der Waals surface area contributed by atoms with Crippen molar-refractivity contribution in [1.82, 2.24) is 14.5 Å². The van der Waals surface area contributed by atoms with Crippen LogP contribution in [0.25, 0.3) is 5.69 Å². The maximum absolute atomic E-state index is 12.9. The molecule has 0 N–H and O–H groups in total. The first kappa shape index (κ1) is 20.9. The average Bonchev–Trinajstić information content (AvgIpc) is 3.26. The number of amides is 1. The normalized spacial score (nSPS) is 18.3. The minimum absolute atomic E-state index is 0.0236. The van der Waals surface area contributed by atoms with Gasteiger partial charge in [0, 0.05) is 25.0 Å². The Morgan fingerprint density at radius 1 is 1.36 bits per heavy atom. The summed E-state index contributed by atoms with van der Waals surface area (Å²) in [6.45, 7) is 6.74. The first-order valence-corrected chi connectivity index (χ1v) is 12.4. The van der Waals surface area contributed by atoms with Crippen LogP contribution >= 0.6 is 11.8 Å². The maximum atomic E-state index is 12.9. The molecule has 1 atom stereocenters. The zero-order chi connectivity index (χ0) is 20.3. The molecule has 1 saturated heterocycles. The highest BCUT2D eigenvalue weighted by molar-refractivity contribution is 7.99. The lowest BCUT2D eigenvalue weighted by Crippen LogP contribution is -2.42. The summed E-state index contributed by atoms with van der Waals surface area (Å²) in [4.78, 5) is 19.0. The van der Waals surface area contributed by atoms with Crippen molar-refractivity contribution in [3.05, 3.63) is 41.7 Å². The van der Waals surface area contributed by atoms with Crippen LogP contribution in [0.1, 0.15) is 30.9 Å². The molecule has 2 aromatic rings. The van der Waals surface area contributed by atoms with E-state index in [1.165, 1.54) is 22.9 Å². The van der Waals surface area contributed by atoms with Crippen LogP contribution in [-0.2, 0) is 14.6 Å². The zero-order valence-electron chi connectivity index (χ0n) is 16.6. The van der Waals surface area contributed by atoms with Crippen LogP contribution in [0.2, 0.25) is 0 Å². The molecule has 0 saturated carbocycles. The summed E-state index contributed by atoms with van der Waals surface area (Å²) in [6.07, 6.45) is 4.99. The Labute approximate surface area is 171 Å². The van der Waals surface area contributed by atoms with Gasteiger partial charge >= 0.3 is 0 Å². The number of hydrogen-bond donors (Lipinski definition) is 0. The van der Waals surface area contributed by atoms with Crippen LogP contribution < -0.4 is 0 Å². The third kappa shape index (κ3) is 4.60. The van der Waals surface area contributed by atoms with E-state index in [0.717, 1.165) is 17.3 Å². The second-order valence-corrected chi connectivity index (χ2v) is 10.4. The minimum atomic E-state index is -3.02. The Kier molecular flexibility index (Phi) is 6.50. The van der Waals surface area contributed by atoms with Crippen molar-refractivity contribution in [3.63, 3.8) is 0 Å². The van der Waals surface area contributed by atoms with Gasteiger partial charge in [-0.05, 0) is 43.9 Å². The van der Waals surface area contributed by atoms with Crippen molar-refractivity contribution >= 4 is 27.5 Å². The Morgan fingerprint density at radius 3 is 2.82 bits per heavy atom. The fourth-order valence-corrected chi connectivity index (χ4v) is 6.14. The molecular weight excluding hydrogens is 394 g/mol. The molecule has 6 nitrogen and oxygen atoms in total. The zero-order valence-corrected chi connectivity index (χ0v) is 18.2. The summed E-state index contributed by atoms with van der Waals surface area (Å²) in [5.41, 5.74) is 3.44. The van der Waals surface area contributed by atoms with Crippen molar-refractivity contribution in [2.75, 3.05) is 23.8 Å². The molecule has 1 aromatic carbocycles. The summed E-state index contributed by atoms with van der Waals surface area (Å²) in [5.74, 6) is 0.485. The lowest BCUT2D eigenvalue weighted by atomic mass is 10.1. The number of nitrogens with zero attached hydrogens (tertiary/aromatic N) is 3. The number of rotatable bonds is 7. The van der Waals surface area contributed by atoms with Crippen molar-refractivity contribution in [2.45, 2.75) is 44.8 Å². The van der Waals surface area contributed by atoms with Crippen LogP contribution in [0.3, 0.4) is 0 Å². The first-order valence-electron chi connectivity index (χ1n) is 9.55. The molecule has 3 rings (SSSR count). The smallest absolute Gasteiger partial charge is 0.233 e. The highest BCUT2D eigenvalue weighted by Gasteiger charge is 2.34. The van der Waals surface area contributed by atoms with E-state index in [1.54, 1.807) is 11.1 Å². The number of aryl methyl sites for hydroxylation is 1. The van der Waals surface area contributed by atoms with E-state index in [2.05, 4.69) is 24.9 Å². The van der Waals surface area contributed by atoms with Gasteiger partial charge in [-0.1, -0.05) is 30.8 Å². The second-order valence-electron chi connectivity index (χ2n) is 7.23. The Bertz CT molecular complexity index is 953. The largest absolute Gasteiger partial charge is 0.338 e. The fourth-order valence-electron chi connectivity index (χ4n) is 3.56. The van der Waals surface area contributed by atoms with Gasteiger partial charge in [0.25, 0.3) is 0 Å². The third-order valence-corrected chi connectivity index (χ3v) is 7.90. The second kappa shape index (κ2) is 8.69. The molecule has 1 aliphatic heterocycles. The molecule has 1 fully saturated rings. The quantitative estimate of drug-likeness (QED) is 0.643. The van der Waals surface area contributed by atoms with Crippen LogP contribution in [-0.4, -0.2) is 58.6 Å². The molecule has 0 aliphatic carbocycles. The van der Waals surface area contributed by atoms with E-state index in [0.29, 0.717) is 13.0 Å². The van der Waals surface area contributed by atoms with E-state index in [4.69, 9.17) is 0 Å². The number of hydrogen-bond acceptors (Lipinski definition) is 5. The Balaban J connectivity index is 1.72. The van der Waals surface area contributed by atoms with Crippen LogP contribution in [0.15, 0.2) is 35.7 Å². The lowest BCUT2D eigenvalue weighted by Gasteiger charge is -2.27. The van der Waals surface area contributed by atoms with Crippen LogP contribution in [0.4, 0.5) is 0 Å². The fraction of sp³-hybridized carbons (Fsp3) is 0.500. The van der Waals surface area contributed by atoms with Gasteiger partial charge in [-0.25, -0.2) is 13.4 Å². The predicted molar refractivity (Wildman–Crippen MR) is 113 cm³/mol. The molecule has 1 aliphatic rings. The number of sulfone groups is 1. The van der Waals surface area contributed by atoms with Gasteiger partial charge in [0.15, 0.2) is 15.0 Å². The number of carbonyl (C=O) groups excluding carboxylic acids is 1. The number of imidazole rings is 1. The molecule has 28 heavy (non-hydrogen) atoms. The molecule has 0 radical (unpaired) electrons. The van der Waals surface area contributed by atoms with Gasteiger partial charge in [-0.2, -0.15) is 0 Å². The molecule has 152 valence electrons. The molecule has 1 amide bonds. The monoisotopic (exact) mass is 421 g/mol. The first-order chi connectivity index (χ1) is 13.3. The maximum Gasteiger partial charge on any atom is 0.233 e. The molecule has 1 unspecified atom stereocenters. The Hall–Kier alpha value is -1.80. The molecule has 0 bridgehead atoms. The number of carbonyl (C=O) groups is 1. The summed E-state index contributed by atoms with van der Waals surface area (Å²) in [6, 6.07) is 5.94. The summed E-state index contributed by atoms with van der Waals surface area (Å²) in [7, 11) is -3.02. The van der Waals surface area contributed by atoms with Crippen molar-refractivity contribution in [3.8, 4) is 5.69 Å². The minimum Gasteiger partial charge on any atom is -0.338 e. The van der Waals surface area contributed by atoms with E-state index in [-0.39, 0.29) is 29.2 Å². The van der Waals surface area contributed by atoms with Crippen molar-refractivity contribution in [1.29, 1.82) is 0 Å². The van der Waals surface area contributed by atoms with E-state index < -0.39 is 9.84 Å². The molecule has 2 heterocycles. The third-order valence-electron chi connectivity index (χ3n) is 5.20. The topological polar surface area (TPSA) is 72.3 Å². The summed E-state index contributed by atoms with van der Waals surface area (Å²) in [5, 5.41) is 0.762. The lowest BCUT2D eigenvalue weighted by molar-refractivity contribution is -0.130. The van der Waals surface area contributed by atoms with Crippen molar-refractivity contribution in [2.24, 2.45) is 0 Å². The highest BCUT2D eigenvalue weighted by atomic mass is 32.2. The van der Waals surface area contributed by atoms with Gasteiger partial charge in [0.2, 0.25) is 5.91 Å². The van der Waals surface area contributed by atoms with Gasteiger partial charge in [0.05, 0.1) is 22.9 Å². The predicted octanol–water partition coefficient (Wildman–Crippen LogP) is 3.01. The SMILES string of the molecule is CCCN(C(=O)CSc1nccn1-c1cccc(C)c1C)C1CCS(=O)(=O)C1. The van der Waals surface area contributed by atoms with E-state index in [1.807, 2.05) is 29.8 Å². The number of benzene rings is 1. The summed E-state index contributed by atoms with van der Waals surface area (Å²) >= 11 is 1.40. The van der Waals surface area contributed by atoms with Gasteiger partial charge < -0.3 is 4.90 Å². The van der Waals surface area contributed by atoms with Crippen LogP contribution in [0, 0.1) is 13.8 Å². The van der Waals surface area contributed by atoms with Crippen molar-refractivity contribution < 1.29 is 13.2 Å². The molecular formula is C20H27N3O3S2. The molecule has 8 heteroatoms. The summed E-state index contributed by atoms with van der Waals surface area (Å²) < 4.78 is 25.6. The average molecular weight is 422 g/mol. The van der Waals surface area contributed by atoms with Crippen LogP contribution in [0.5, 0.6) is 0 Å². The number of thioether (sulfide) groups is 1. The number of aromatic nitrogens is 2. The highest BCUT2D eigenvalue weighted by Crippen LogP contribution is 2.25. The van der Waals surface area contributed by atoms with Gasteiger partial charge in [-0.3, -0.25) is 9.36 Å². The standard InChI is InChI=1S/C20H27N3O3S2/c1-4-10-22(17-8-12-28(25,26)14-17)19(24)13-27-20-21-9-11-23(20)18-7-5-6-15(2)16(18)3/h5-7,9,11,17H,4,8,10,12-14H2,1-3H3.